The van der Waals surface area contributed by atoms with Gasteiger partial charge in [-0.3, -0.25) is 9.13 Å². The highest BCUT2D eigenvalue weighted by atomic mass is 15.3. The summed E-state index contributed by atoms with van der Waals surface area (Å²) in [4.78, 5) is 26.0. The van der Waals surface area contributed by atoms with E-state index in [1.165, 1.54) is 38.9 Å². The van der Waals surface area contributed by atoms with Crippen LogP contribution in [0.5, 0.6) is 0 Å². The van der Waals surface area contributed by atoms with Gasteiger partial charge in [0.05, 0.1) is 16.4 Å². The lowest BCUT2D eigenvalue weighted by atomic mass is 9.70. The fourth-order valence-corrected chi connectivity index (χ4v) is 10.0. The van der Waals surface area contributed by atoms with E-state index in [1.54, 1.807) is 0 Å². The van der Waals surface area contributed by atoms with Gasteiger partial charge in [-0.25, -0.2) is 9.97 Å². The van der Waals surface area contributed by atoms with Crippen LogP contribution < -0.4 is 0 Å². The largest absolute Gasteiger partial charge is 0.262 e. The molecular formula is C50H29N7. The van der Waals surface area contributed by atoms with Gasteiger partial charge in [-0.1, -0.05) is 127 Å². The van der Waals surface area contributed by atoms with Crippen LogP contribution in [0.15, 0.2) is 176 Å². The molecule has 0 aliphatic heterocycles. The predicted octanol–water partition coefficient (Wildman–Crippen LogP) is 10.9. The zero-order chi connectivity index (χ0) is 37.2. The Bertz CT molecular complexity index is 3220. The fourth-order valence-electron chi connectivity index (χ4n) is 10.0. The molecule has 1 spiro atoms. The average Bonchev–Trinajstić information content (AvgIpc) is 3.99. The van der Waals surface area contributed by atoms with Gasteiger partial charge < -0.3 is 0 Å². The molecule has 0 bridgehead atoms. The van der Waals surface area contributed by atoms with Crippen molar-refractivity contribution in [1.82, 2.24) is 34.1 Å². The minimum atomic E-state index is -0.499. The minimum absolute atomic E-state index is 0.483. The van der Waals surface area contributed by atoms with Crippen LogP contribution in [0.4, 0.5) is 0 Å². The first kappa shape index (κ1) is 30.5. The third-order valence-corrected chi connectivity index (χ3v) is 12.1. The maximum absolute atomic E-state index is 5.44. The summed E-state index contributed by atoms with van der Waals surface area (Å²) >= 11 is 0. The summed E-state index contributed by atoms with van der Waals surface area (Å²) in [6, 6.07) is 58.1. The van der Waals surface area contributed by atoms with Crippen molar-refractivity contribution in [2.24, 2.45) is 0 Å². The lowest BCUT2D eigenvalue weighted by Gasteiger charge is -2.30. The SMILES string of the molecule is c1ccc2c(c1)-c1ccccc1C21c2ccccc2-c2c(-c3nc(-n4c5ccccc5c5cccnc54)nc(-n4c5ccccc5c5cccnc54)n3)cccc21. The number of benzene rings is 6. The highest BCUT2D eigenvalue weighted by Gasteiger charge is 2.52. The first-order valence-electron chi connectivity index (χ1n) is 19.2. The third kappa shape index (κ3) is 3.87. The van der Waals surface area contributed by atoms with Gasteiger partial charge in [-0.15, -0.1) is 0 Å². The molecule has 0 saturated carbocycles. The number of pyridine rings is 2. The number of aromatic nitrogens is 7. The van der Waals surface area contributed by atoms with Gasteiger partial charge >= 0.3 is 0 Å². The summed E-state index contributed by atoms with van der Waals surface area (Å²) in [6.45, 7) is 0. The molecule has 57 heavy (non-hydrogen) atoms. The molecule has 0 saturated heterocycles. The van der Waals surface area contributed by atoms with Gasteiger partial charge in [0.2, 0.25) is 11.9 Å². The molecule has 0 atom stereocenters. The standard InChI is InChI=1S/C50H29N7/c1-6-22-38-30(14-1)31-15-2-7-23-39(31)50(38)40-24-8-3-18-36(40)44-37(19-11-25-41(44)50)45-53-48(56-42-26-9-4-16-32(42)34-20-12-28-51-46(34)56)55-49(54-45)57-43-27-10-5-17-33(43)35-21-13-29-52-47(35)57/h1-29H. The number of para-hydroxylation sites is 2. The molecule has 5 heterocycles. The van der Waals surface area contributed by atoms with Crippen LogP contribution in [0.2, 0.25) is 0 Å². The van der Waals surface area contributed by atoms with Gasteiger partial charge in [0, 0.05) is 39.5 Å². The van der Waals surface area contributed by atoms with Gasteiger partial charge in [-0.05, 0) is 80.9 Å². The Kier molecular flexibility index (Phi) is 5.97. The zero-order valence-corrected chi connectivity index (χ0v) is 30.4. The van der Waals surface area contributed by atoms with Crippen LogP contribution in [0.1, 0.15) is 22.3 Å². The number of nitrogens with zero attached hydrogens (tertiary/aromatic N) is 7. The van der Waals surface area contributed by atoms with E-state index in [2.05, 4.69) is 161 Å². The number of hydrogen-bond acceptors (Lipinski definition) is 5. The Hall–Kier alpha value is -7.77. The summed E-state index contributed by atoms with van der Waals surface area (Å²) in [5, 5.41) is 4.23. The van der Waals surface area contributed by atoms with Crippen LogP contribution in [-0.4, -0.2) is 34.1 Å². The Morgan fingerprint density at radius 3 is 1.37 bits per heavy atom. The highest BCUT2D eigenvalue weighted by molar-refractivity contribution is 6.09. The van der Waals surface area contributed by atoms with Gasteiger partial charge in [0.1, 0.15) is 11.3 Å². The first-order valence-corrected chi connectivity index (χ1v) is 19.2. The van der Waals surface area contributed by atoms with E-state index in [9.17, 15) is 0 Å². The van der Waals surface area contributed by atoms with Gasteiger partial charge in [0.25, 0.3) is 0 Å². The van der Waals surface area contributed by atoms with Crippen molar-refractivity contribution in [2.75, 3.05) is 0 Å². The van der Waals surface area contributed by atoms with Crippen molar-refractivity contribution >= 4 is 43.9 Å². The second-order valence-corrected chi connectivity index (χ2v) is 14.8. The molecule has 0 unspecified atom stereocenters. The van der Waals surface area contributed by atoms with Crippen LogP contribution in [0.25, 0.3) is 89.4 Å². The fraction of sp³-hybridized carbons (Fsp3) is 0.0200. The summed E-state index contributed by atoms with van der Waals surface area (Å²) in [7, 11) is 0. The molecule has 0 amide bonds. The molecule has 264 valence electrons. The predicted molar refractivity (Wildman–Crippen MR) is 226 cm³/mol. The minimum Gasteiger partial charge on any atom is -0.262 e. The van der Waals surface area contributed by atoms with Crippen molar-refractivity contribution in [3.05, 3.63) is 198 Å². The number of rotatable bonds is 3. The van der Waals surface area contributed by atoms with Gasteiger partial charge in [0.15, 0.2) is 5.82 Å². The van der Waals surface area contributed by atoms with Crippen molar-refractivity contribution < 1.29 is 0 Å². The highest BCUT2D eigenvalue weighted by Crippen LogP contribution is 2.63. The molecule has 7 nitrogen and oxygen atoms in total. The molecule has 0 radical (unpaired) electrons. The van der Waals surface area contributed by atoms with Crippen molar-refractivity contribution in [3.8, 4) is 45.5 Å². The number of fused-ring (bicyclic) bond motifs is 16. The molecule has 7 heteroatoms. The maximum atomic E-state index is 5.44. The molecule has 0 N–H and O–H groups in total. The Labute approximate surface area is 326 Å². The lowest BCUT2D eigenvalue weighted by Crippen LogP contribution is -2.25. The second kappa shape index (κ2) is 11.1. The van der Waals surface area contributed by atoms with Crippen LogP contribution in [-0.2, 0) is 5.41 Å². The van der Waals surface area contributed by atoms with E-state index in [-0.39, 0.29) is 0 Å². The third-order valence-electron chi connectivity index (χ3n) is 12.1. The zero-order valence-electron chi connectivity index (χ0n) is 30.4. The summed E-state index contributed by atoms with van der Waals surface area (Å²) in [6.07, 6.45) is 3.66. The van der Waals surface area contributed by atoms with E-state index >= 15 is 0 Å². The normalized spacial score (nSPS) is 13.4. The van der Waals surface area contributed by atoms with E-state index in [0.29, 0.717) is 17.7 Å². The van der Waals surface area contributed by atoms with Crippen molar-refractivity contribution in [1.29, 1.82) is 0 Å². The monoisotopic (exact) mass is 727 g/mol. The molecule has 6 aromatic carbocycles. The molecule has 2 aliphatic carbocycles. The topological polar surface area (TPSA) is 74.3 Å². The lowest BCUT2D eigenvalue weighted by molar-refractivity contribution is 0.793. The van der Waals surface area contributed by atoms with E-state index in [4.69, 9.17) is 24.9 Å². The number of hydrogen-bond donors (Lipinski definition) is 0. The molecule has 5 aromatic heterocycles. The molecule has 13 rings (SSSR count). The van der Waals surface area contributed by atoms with E-state index < -0.39 is 5.41 Å². The van der Waals surface area contributed by atoms with Crippen molar-refractivity contribution in [3.63, 3.8) is 0 Å². The molecule has 0 fully saturated rings. The summed E-state index contributed by atoms with van der Waals surface area (Å²) < 4.78 is 4.14. The maximum Gasteiger partial charge on any atom is 0.241 e. The van der Waals surface area contributed by atoms with Crippen LogP contribution in [0.3, 0.4) is 0 Å². The average molecular weight is 728 g/mol. The summed E-state index contributed by atoms with van der Waals surface area (Å²) in [5.41, 5.74) is 13.8. The van der Waals surface area contributed by atoms with Gasteiger partial charge in [-0.2, -0.15) is 15.0 Å². The summed E-state index contributed by atoms with van der Waals surface area (Å²) in [5.74, 6) is 1.54. The molecular weight excluding hydrogens is 699 g/mol. The Balaban J connectivity index is 1.16. The first-order chi connectivity index (χ1) is 28.3. The Morgan fingerprint density at radius 1 is 0.351 bits per heavy atom. The quantitative estimate of drug-likeness (QED) is 0.181. The van der Waals surface area contributed by atoms with Crippen LogP contribution in [0, 0.1) is 0 Å². The molecule has 11 aromatic rings. The van der Waals surface area contributed by atoms with Crippen molar-refractivity contribution in [2.45, 2.75) is 5.41 Å². The Morgan fingerprint density at radius 2 is 0.789 bits per heavy atom. The van der Waals surface area contributed by atoms with E-state index in [0.717, 1.165) is 55.0 Å². The second-order valence-electron chi connectivity index (χ2n) is 14.8. The molecule has 2 aliphatic rings. The van der Waals surface area contributed by atoms with E-state index in [1.807, 2.05) is 24.5 Å². The van der Waals surface area contributed by atoms with Crippen LogP contribution >= 0.6 is 0 Å². The smallest absolute Gasteiger partial charge is 0.241 e.